The Bertz CT molecular complexity index is 531. The first-order valence-electron chi connectivity index (χ1n) is 6.61. The monoisotopic (exact) mass is 255 g/mol. The quantitative estimate of drug-likeness (QED) is 0.881. The molecular weight excluding hydrogens is 234 g/mol. The van der Waals surface area contributed by atoms with Crippen LogP contribution in [0.5, 0.6) is 5.75 Å². The number of nitrogens with one attached hydrogen (secondary N) is 1. The van der Waals surface area contributed by atoms with Crippen LogP contribution in [-0.4, -0.2) is 7.05 Å². The van der Waals surface area contributed by atoms with Gasteiger partial charge in [-0.2, -0.15) is 0 Å². The highest BCUT2D eigenvalue weighted by Gasteiger charge is 2.01. The Labute approximate surface area is 115 Å². The number of rotatable bonds is 5. The number of hydrogen-bond acceptors (Lipinski definition) is 2. The number of aryl methyl sites for hydroxylation is 2. The van der Waals surface area contributed by atoms with Crippen LogP contribution in [0.15, 0.2) is 42.5 Å². The van der Waals surface area contributed by atoms with Crippen molar-refractivity contribution in [1.82, 2.24) is 5.32 Å². The lowest BCUT2D eigenvalue weighted by molar-refractivity contribution is 0.304. The Hall–Kier alpha value is -1.80. The second-order valence-corrected chi connectivity index (χ2v) is 4.90. The van der Waals surface area contributed by atoms with Crippen molar-refractivity contribution in [1.29, 1.82) is 0 Å². The number of hydrogen-bond donors (Lipinski definition) is 1. The van der Waals surface area contributed by atoms with Crippen LogP contribution in [0.2, 0.25) is 0 Å². The molecule has 1 N–H and O–H groups in total. The minimum absolute atomic E-state index is 0.615. The fraction of sp³-hybridized carbons (Fsp3) is 0.294. The fourth-order valence-corrected chi connectivity index (χ4v) is 1.98. The number of ether oxygens (including phenoxy) is 1. The maximum Gasteiger partial charge on any atom is 0.122 e. The van der Waals surface area contributed by atoms with Gasteiger partial charge in [-0.1, -0.05) is 36.4 Å². The molecule has 0 aliphatic rings. The SMILES string of the molecule is CNCc1ccc(COc2cc(C)ccc2C)cc1. The van der Waals surface area contributed by atoms with Crippen molar-refractivity contribution in [3.63, 3.8) is 0 Å². The van der Waals surface area contributed by atoms with Crippen LogP contribution in [-0.2, 0) is 13.2 Å². The van der Waals surface area contributed by atoms with Gasteiger partial charge < -0.3 is 10.1 Å². The van der Waals surface area contributed by atoms with E-state index in [1.807, 2.05) is 7.05 Å². The summed E-state index contributed by atoms with van der Waals surface area (Å²) in [7, 11) is 1.96. The summed E-state index contributed by atoms with van der Waals surface area (Å²) in [6, 6.07) is 14.8. The summed E-state index contributed by atoms with van der Waals surface area (Å²) in [4.78, 5) is 0. The third-order valence-electron chi connectivity index (χ3n) is 3.14. The third-order valence-corrected chi connectivity index (χ3v) is 3.14. The molecule has 0 bridgehead atoms. The average Bonchev–Trinajstić information content (AvgIpc) is 2.42. The molecule has 0 fully saturated rings. The van der Waals surface area contributed by atoms with Gasteiger partial charge in [-0.3, -0.25) is 0 Å². The van der Waals surface area contributed by atoms with Crippen molar-refractivity contribution >= 4 is 0 Å². The highest BCUT2D eigenvalue weighted by atomic mass is 16.5. The van der Waals surface area contributed by atoms with Gasteiger partial charge >= 0.3 is 0 Å². The van der Waals surface area contributed by atoms with Crippen molar-refractivity contribution in [2.75, 3.05) is 7.05 Å². The van der Waals surface area contributed by atoms with E-state index >= 15 is 0 Å². The number of benzene rings is 2. The van der Waals surface area contributed by atoms with Gasteiger partial charge in [0.05, 0.1) is 0 Å². The second-order valence-electron chi connectivity index (χ2n) is 4.90. The van der Waals surface area contributed by atoms with Crippen molar-refractivity contribution in [2.45, 2.75) is 27.0 Å². The van der Waals surface area contributed by atoms with Crippen LogP contribution >= 0.6 is 0 Å². The van der Waals surface area contributed by atoms with Gasteiger partial charge in [0.25, 0.3) is 0 Å². The summed E-state index contributed by atoms with van der Waals surface area (Å²) in [5.74, 6) is 0.972. The van der Waals surface area contributed by atoms with E-state index in [4.69, 9.17) is 4.74 Å². The van der Waals surface area contributed by atoms with E-state index in [9.17, 15) is 0 Å². The topological polar surface area (TPSA) is 21.3 Å². The van der Waals surface area contributed by atoms with Gasteiger partial charge in [0, 0.05) is 6.54 Å². The van der Waals surface area contributed by atoms with Crippen LogP contribution in [0.3, 0.4) is 0 Å². The minimum atomic E-state index is 0.615. The molecule has 0 spiro atoms. The Balaban J connectivity index is 2.00. The molecule has 2 rings (SSSR count). The highest BCUT2D eigenvalue weighted by molar-refractivity contribution is 5.36. The van der Waals surface area contributed by atoms with Gasteiger partial charge in [-0.25, -0.2) is 0 Å². The smallest absolute Gasteiger partial charge is 0.122 e. The van der Waals surface area contributed by atoms with Crippen molar-refractivity contribution in [3.8, 4) is 5.75 Å². The second kappa shape index (κ2) is 6.39. The summed E-state index contributed by atoms with van der Waals surface area (Å²) in [6.07, 6.45) is 0. The maximum absolute atomic E-state index is 5.89. The van der Waals surface area contributed by atoms with E-state index in [0.717, 1.165) is 12.3 Å². The first-order chi connectivity index (χ1) is 9.19. The Morgan fingerprint density at radius 3 is 2.32 bits per heavy atom. The molecule has 0 radical (unpaired) electrons. The van der Waals surface area contributed by atoms with E-state index in [2.05, 4.69) is 61.6 Å². The summed E-state index contributed by atoms with van der Waals surface area (Å²) in [5.41, 5.74) is 4.89. The first kappa shape index (κ1) is 13.6. The molecule has 2 heteroatoms. The first-order valence-corrected chi connectivity index (χ1v) is 6.61. The molecule has 0 aromatic heterocycles. The maximum atomic E-state index is 5.89. The molecule has 2 aromatic carbocycles. The summed E-state index contributed by atoms with van der Waals surface area (Å²) >= 11 is 0. The van der Waals surface area contributed by atoms with Crippen LogP contribution < -0.4 is 10.1 Å². The van der Waals surface area contributed by atoms with E-state index < -0.39 is 0 Å². The molecule has 0 saturated heterocycles. The summed E-state index contributed by atoms with van der Waals surface area (Å²) in [6.45, 7) is 5.67. The third kappa shape index (κ3) is 3.83. The predicted octanol–water partition coefficient (Wildman–Crippen LogP) is 3.60. The lowest BCUT2D eigenvalue weighted by atomic mass is 10.1. The van der Waals surface area contributed by atoms with Gasteiger partial charge in [-0.15, -0.1) is 0 Å². The molecule has 0 aliphatic carbocycles. The van der Waals surface area contributed by atoms with Crippen molar-refractivity contribution < 1.29 is 4.74 Å². The molecule has 100 valence electrons. The average molecular weight is 255 g/mol. The highest BCUT2D eigenvalue weighted by Crippen LogP contribution is 2.20. The van der Waals surface area contributed by atoms with Crippen molar-refractivity contribution in [3.05, 3.63) is 64.7 Å². The Kier molecular flexibility index (Phi) is 4.58. The van der Waals surface area contributed by atoms with Gasteiger partial charge in [-0.05, 0) is 49.2 Å². The lowest BCUT2D eigenvalue weighted by Crippen LogP contribution is -2.05. The van der Waals surface area contributed by atoms with Crippen LogP contribution in [0.25, 0.3) is 0 Å². The van der Waals surface area contributed by atoms with Gasteiger partial charge in [0.2, 0.25) is 0 Å². The molecule has 0 atom stereocenters. The molecule has 0 amide bonds. The normalized spacial score (nSPS) is 10.5. The van der Waals surface area contributed by atoms with Crippen LogP contribution in [0, 0.1) is 13.8 Å². The predicted molar refractivity (Wildman–Crippen MR) is 79.5 cm³/mol. The van der Waals surface area contributed by atoms with Crippen LogP contribution in [0.1, 0.15) is 22.3 Å². The fourth-order valence-electron chi connectivity index (χ4n) is 1.98. The zero-order valence-corrected chi connectivity index (χ0v) is 11.9. The molecule has 2 nitrogen and oxygen atoms in total. The van der Waals surface area contributed by atoms with Gasteiger partial charge in [0.15, 0.2) is 0 Å². The molecular formula is C17H21NO. The summed E-state index contributed by atoms with van der Waals surface area (Å²) < 4.78 is 5.89. The minimum Gasteiger partial charge on any atom is -0.489 e. The largest absolute Gasteiger partial charge is 0.489 e. The molecule has 0 aliphatic heterocycles. The molecule has 0 saturated carbocycles. The molecule has 19 heavy (non-hydrogen) atoms. The van der Waals surface area contributed by atoms with Crippen molar-refractivity contribution in [2.24, 2.45) is 0 Å². The van der Waals surface area contributed by atoms with Crippen LogP contribution in [0.4, 0.5) is 0 Å². The Morgan fingerprint density at radius 2 is 1.63 bits per heavy atom. The molecule has 2 aromatic rings. The van der Waals surface area contributed by atoms with E-state index in [0.29, 0.717) is 6.61 Å². The lowest BCUT2D eigenvalue weighted by Gasteiger charge is -2.10. The summed E-state index contributed by atoms with van der Waals surface area (Å²) in [5, 5.41) is 3.14. The Morgan fingerprint density at radius 1 is 0.947 bits per heavy atom. The van der Waals surface area contributed by atoms with E-state index in [1.165, 1.54) is 22.3 Å². The molecule has 0 unspecified atom stereocenters. The molecule has 0 heterocycles. The van der Waals surface area contributed by atoms with E-state index in [-0.39, 0.29) is 0 Å². The zero-order valence-electron chi connectivity index (χ0n) is 11.9. The van der Waals surface area contributed by atoms with Gasteiger partial charge in [0.1, 0.15) is 12.4 Å². The zero-order chi connectivity index (χ0) is 13.7. The standard InChI is InChI=1S/C17H21NO/c1-13-4-5-14(2)17(10-13)19-12-16-8-6-15(7-9-16)11-18-3/h4-10,18H,11-12H2,1-3H3. The van der Waals surface area contributed by atoms with E-state index in [1.54, 1.807) is 0 Å².